The van der Waals surface area contributed by atoms with Gasteiger partial charge >= 0.3 is 0 Å². The summed E-state index contributed by atoms with van der Waals surface area (Å²) in [5.41, 5.74) is 0.124. The van der Waals surface area contributed by atoms with Gasteiger partial charge < -0.3 is 9.64 Å². The van der Waals surface area contributed by atoms with Crippen LogP contribution in [0.3, 0.4) is 0 Å². The van der Waals surface area contributed by atoms with Gasteiger partial charge in [-0.15, -0.1) is 0 Å². The summed E-state index contributed by atoms with van der Waals surface area (Å²) in [5.74, 6) is -2.14. The molecule has 0 radical (unpaired) electrons. The monoisotopic (exact) mass is 421 g/mol. The van der Waals surface area contributed by atoms with Gasteiger partial charge in [0.1, 0.15) is 16.5 Å². The van der Waals surface area contributed by atoms with Crippen LogP contribution in [0.2, 0.25) is 0 Å². The van der Waals surface area contributed by atoms with Gasteiger partial charge in [-0.2, -0.15) is 9.57 Å². The van der Waals surface area contributed by atoms with Crippen LogP contribution >= 0.6 is 0 Å². The number of benzene rings is 2. The maximum atomic E-state index is 14.0. The minimum atomic E-state index is -3.99. The molecule has 0 aliphatic carbocycles. The standard InChI is InChI=1S/C20H21F2N3O3S/c1-24(2)16-7-9-25(10-8-16)29(26,27)20-11-14(13-23)3-6-18(20)28-19-12-15(21)4-5-17(19)22/h3-6,11-12,16H,7-10H2,1-2H3. The van der Waals surface area contributed by atoms with Gasteiger partial charge in [0.25, 0.3) is 0 Å². The molecule has 0 saturated carbocycles. The molecule has 1 fully saturated rings. The quantitative estimate of drug-likeness (QED) is 0.740. The molecular weight excluding hydrogens is 400 g/mol. The van der Waals surface area contributed by atoms with Crippen molar-refractivity contribution in [1.29, 1.82) is 5.26 Å². The lowest BCUT2D eigenvalue weighted by atomic mass is 10.1. The van der Waals surface area contributed by atoms with Crippen LogP contribution in [0, 0.1) is 23.0 Å². The van der Waals surface area contributed by atoms with Crippen LogP contribution in [0.4, 0.5) is 8.78 Å². The summed E-state index contributed by atoms with van der Waals surface area (Å²) in [6, 6.07) is 8.69. The second-order valence-corrected chi connectivity index (χ2v) is 8.96. The predicted molar refractivity (Wildman–Crippen MR) is 103 cm³/mol. The van der Waals surface area contributed by atoms with Crippen molar-refractivity contribution in [2.24, 2.45) is 0 Å². The Morgan fingerprint density at radius 3 is 2.41 bits per heavy atom. The van der Waals surface area contributed by atoms with Gasteiger partial charge in [0.05, 0.1) is 11.6 Å². The van der Waals surface area contributed by atoms with Crippen LogP contribution in [-0.2, 0) is 10.0 Å². The van der Waals surface area contributed by atoms with E-state index in [4.69, 9.17) is 4.74 Å². The molecule has 0 unspecified atom stereocenters. The first-order valence-corrected chi connectivity index (χ1v) is 10.5. The van der Waals surface area contributed by atoms with Crippen LogP contribution in [0.5, 0.6) is 11.5 Å². The molecule has 0 aromatic heterocycles. The molecule has 29 heavy (non-hydrogen) atoms. The third-order valence-electron chi connectivity index (χ3n) is 4.96. The summed E-state index contributed by atoms with van der Waals surface area (Å²) < 4.78 is 60.7. The van der Waals surface area contributed by atoms with Gasteiger partial charge in [-0.3, -0.25) is 0 Å². The SMILES string of the molecule is CN(C)C1CCN(S(=O)(=O)c2cc(C#N)ccc2Oc2cc(F)ccc2F)CC1. The molecule has 9 heteroatoms. The van der Waals surface area contributed by atoms with E-state index in [-0.39, 0.29) is 22.3 Å². The Hall–Kier alpha value is -2.54. The number of halogens is 2. The first kappa shape index (κ1) is 21.2. The zero-order valence-corrected chi connectivity index (χ0v) is 16.9. The summed E-state index contributed by atoms with van der Waals surface area (Å²) in [4.78, 5) is 1.81. The average molecular weight is 421 g/mol. The molecule has 0 N–H and O–H groups in total. The molecule has 154 valence electrons. The Morgan fingerprint density at radius 1 is 1.10 bits per heavy atom. The van der Waals surface area contributed by atoms with Crippen molar-refractivity contribution in [3.63, 3.8) is 0 Å². The van der Waals surface area contributed by atoms with Crippen molar-refractivity contribution in [2.75, 3.05) is 27.2 Å². The third kappa shape index (κ3) is 4.56. The van der Waals surface area contributed by atoms with Crippen molar-refractivity contribution in [3.8, 4) is 17.6 Å². The Morgan fingerprint density at radius 2 is 1.79 bits per heavy atom. The summed E-state index contributed by atoms with van der Waals surface area (Å²) in [7, 11) is -0.0968. The molecule has 0 bridgehead atoms. The lowest BCUT2D eigenvalue weighted by Crippen LogP contribution is -2.44. The van der Waals surface area contributed by atoms with Gasteiger partial charge in [0.2, 0.25) is 10.0 Å². The largest absolute Gasteiger partial charge is 0.453 e. The number of nitrogens with zero attached hydrogens (tertiary/aromatic N) is 3. The maximum absolute atomic E-state index is 14.0. The average Bonchev–Trinajstić information content (AvgIpc) is 2.71. The fourth-order valence-corrected chi connectivity index (χ4v) is 4.88. The van der Waals surface area contributed by atoms with E-state index in [0.717, 1.165) is 18.2 Å². The van der Waals surface area contributed by atoms with E-state index in [2.05, 4.69) is 4.90 Å². The first-order valence-electron chi connectivity index (χ1n) is 9.06. The fourth-order valence-electron chi connectivity index (χ4n) is 3.28. The topological polar surface area (TPSA) is 73.6 Å². The van der Waals surface area contributed by atoms with E-state index in [9.17, 15) is 22.5 Å². The van der Waals surface area contributed by atoms with Gasteiger partial charge in [-0.25, -0.2) is 17.2 Å². The fraction of sp³-hybridized carbons (Fsp3) is 0.350. The normalized spacial score (nSPS) is 16.0. The summed E-state index contributed by atoms with van der Waals surface area (Å²) in [6.45, 7) is 0.630. The Bertz CT molecular complexity index is 1040. The number of sulfonamides is 1. The third-order valence-corrected chi connectivity index (χ3v) is 6.88. The number of ether oxygens (including phenoxy) is 1. The van der Waals surface area contributed by atoms with Crippen molar-refractivity contribution in [1.82, 2.24) is 9.21 Å². The molecule has 0 atom stereocenters. The molecule has 1 aliphatic rings. The lowest BCUT2D eigenvalue weighted by Gasteiger charge is -2.34. The van der Waals surface area contributed by atoms with Crippen molar-refractivity contribution >= 4 is 10.0 Å². The highest BCUT2D eigenvalue weighted by atomic mass is 32.2. The van der Waals surface area contributed by atoms with Crippen LogP contribution < -0.4 is 4.74 Å². The Kier molecular flexibility index (Phi) is 6.17. The maximum Gasteiger partial charge on any atom is 0.246 e. The molecule has 1 saturated heterocycles. The van der Waals surface area contributed by atoms with Gasteiger partial charge in [0, 0.05) is 25.2 Å². The minimum absolute atomic E-state index is 0.124. The number of piperidine rings is 1. The van der Waals surface area contributed by atoms with Gasteiger partial charge in [0.15, 0.2) is 11.6 Å². The van der Waals surface area contributed by atoms with E-state index in [1.807, 2.05) is 20.2 Å². The number of hydrogen-bond acceptors (Lipinski definition) is 5. The summed E-state index contributed by atoms with van der Waals surface area (Å²) in [6.07, 6.45) is 1.33. The smallest absolute Gasteiger partial charge is 0.246 e. The zero-order chi connectivity index (χ0) is 21.2. The highest BCUT2D eigenvalue weighted by molar-refractivity contribution is 7.89. The summed E-state index contributed by atoms with van der Waals surface area (Å²) >= 11 is 0. The molecule has 0 spiro atoms. The molecule has 1 aliphatic heterocycles. The van der Waals surface area contributed by atoms with Crippen molar-refractivity contribution < 1.29 is 21.9 Å². The molecule has 0 amide bonds. The van der Waals surface area contributed by atoms with E-state index < -0.39 is 27.4 Å². The van der Waals surface area contributed by atoms with Crippen LogP contribution in [0.15, 0.2) is 41.3 Å². The Balaban J connectivity index is 1.97. The number of rotatable bonds is 5. The molecule has 1 heterocycles. The number of hydrogen-bond donors (Lipinski definition) is 0. The zero-order valence-electron chi connectivity index (χ0n) is 16.1. The second-order valence-electron chi connectivity index (χ2n) is 7.05. The van der Waals surface area contributed by atoms with E-state index in [1.165, 1.54) is 22.5 Å². The molecular formula is C20H21F2N3O3S. The highest BCUT2D eigenvalue weighted by Gasteiger charge is 2.32. The first-order chi connectivity index (χ1) is 13.7. The van der Waals surface area contributed by atoms with Gasteiger partial charge in [-0.05, 0) is 57.3 Å². The molecule has 6 nitrogen and oxygen atoms in total. The van der Waals surface area contributed by atoms with E-state index in [1.54, 1.807) is 0 Å². The van der Waals surface area contributed by atoms with Crippen molar-refractivity contribution in [2.45, 2.75) is 23.8 Å². The summed E-state index contributed by atoms with van der Waals surface area (Å²) in [5, 5.41) is 9.18. The molecule has 2 aromatic rings. The molecule has 3 rings (SSSR count). The predicted octanol–water partition coefficient (Wildman–Crippen LogP) is 3.34. The molecule has 2 aromatic carbocycles. The van der Waals surface area contributed by atoms with Crippen molar-refractivity contribution in [3.05, 3.63) is 53.6 Å². The second kappa shape index (κ2) is 8.45. The van der Waals surface area contributed by atoms with Crippen LogP contribution in [-0.4, -0.2) is 50.8 Å². The number of nitriles is 1. The lowest BCUT2D eigenvalue weighted by molar-refractivity contribution is 0.196. The van der Waals surface area contributed by atoms with E-state index in [0.29, 0.717) is 25.9 Å². The van der Waals surface area contributed by atoms with Gasteiger partial charge in [-0.1, -0.05) is 0 Å². The Labute approximate surface area is 169 Å². The van der Waals surface area contributed by atoms with Crippen LogP contribution in [0.25, 0.3) is 0 Å². The van der Waals surface area contributed by atoms with Crippen LogP contribution in [0.1, 0.15) is 18.4 Å². The highest BCUT2D eigenvalue weighted by Crippen LogP contribution is 2.34. The van der Waals surface area contributed by atoms with E-state index >= 15 is 0 Å². The minimum Gasteiger partial charge on any atom is -0.453 e.